The lowest BCUT2D eigenvalue weighted by Crippen LogP contribution is -2.39. The van der Waals surface area contributed by atoms with Gasteiger partial charge in [-0.05, 0) is 49.1 Å². The zero-order valence-corrected chi connectivity index (χ0v) is 15.1. The maximum atomic E-state index is 12.9. The summed E-state index contributed by atoms with van der Waals surface area (Å²) in [5.74, 6) is 1.46. The van der Waals surface area contributed by atoms with Gasteiger partial charge < -0.3 is 15.4 Å². The van der Waals surface area contributed by atoms with Crippen molar-refractivity contribution in [3.8, 4) is 5.75 Å². The summed E-state index contributed by atoms with van der Waals surface area (Å²) in [5.41, 5.74) is 3.49. The predicted octanol–water partition coefficient (Wildman–Crippen LogP) is 3.09. The van der Waals surface area contributed by atoms with Crippen LogP contribution in [0.3, 0.4) is 0 Å². The normalized spacial score (nSPS) is 11.3. The number of aliphatic imine (C=N–C) groups is 1. The fourth-order valence-electron chi connectivity index (χ4n) is 2.62. The molecular weight excluding hydrogens is 317 g/mol. The maximum Gasteiger partial charge on any atom is 0.190 e. The lowest BCUT2D eigenvalue weighted by atomic mass is 10.1. The van der Waals surface area contributed by atoms with Crippen molar-refractivity contribution in [1.82, 2.24) is 10.6 Å². The van der Waals surface area contributed by atoms with Gasteiger partial charge in [-0.1, -0.05) is 29.8 Å². The Kier molecular flexibility index (Phi) is 7.26. The second-order valence-electron chi connectivity index (χ2n) is 5.87. The first-order chi connectivity index (χ1) is 12.1. The Hall–Kier alpha value is -2.56. The molecule has 0 aliphatic heterocycles. The lowest BCUT2D eigenvalue weighted by molar-refractivity contribution is 0.409. The highest BCUT2D eigenvalue weighted by Gasteiger charge is 2.04. The Labute approximate surface area is 149 Å². The molecule has 25 heavy (non-hydrogen) atoms. The number of guanidine groups is 1. The summed E-state index contributed by atoms with van der Waals surface area (Å²) in [7, 11) is 3.44. The van der Waals surface area contributed by atoms with Crippen LogP contribution in [0.4, 0.5) is 4.39 Å². The predicted molar refractivity (Wildman–Crippen MR) is 101 cm³/mol. The first kappa shape index (κ1) is 18.8. The average Bonchev–Trinajstić information content (AvgIpc) is 2.62. The van der Waals surface area contributed by atoms with Gasteiger partial charge in [0.2, 0.25) is 0 Å². The van der Waals surface area contributed by atoms with E-state index in [0.29, 0.717) is 0 Å². The molecule has 0 saturated heterocycles. The molecular formula is C20H26FN3O. The quantitative estimate of drug-likeness (QED) is 0.600. The summed E-state index contributed by atoms with van der Waals surface area (Å²) in [4.78, 5) is 4.23. The molecule has 0 heterocycles. The summed E-state index contributed by atoms with van der Waals surface area (Å²) in [6.45, 7) is 3.57. The number of hydrogen-bond acceptors (Lipinski definition) is 2. The number of halogens is 1. The molecule has 0 saturated carbocycles. The van der Waals surface area contributed by atoms with Crippen LogP contribution >= 0.6 is 0 Å². The molecule has 0 unspecified atom stereocenters. The summed E-state index contributed by atoms with van der Waals surface area (Å²) in [5, 5.41) is 6.58. The maximum absolute atomic E-state index is 12.9. The number of nitrogens with zero attached hydrogens (tertiary/aromatic N) is 1. The molecule has 2 aromatic rings. The van der Waals surface area contributed by atoms with E-state index in [1.54, 1.807) is 26.3 Å². The topological polar surface area (TPSA) is 45.7 Å². The number of rotatable bonds is 7. The second-order valence-corrected chi connectivity index (χ2v) is 5.87. The first-order valence-electron chi connectivity index (χ1n) is 8.45. The fraction of sp³-hybridized carbons (Fsp3) is 0.350. The van der Waals surface area contributed by atoms with E-state index in [0.717, 1.165) is 43.2 Å². The van der Waals surface area contributed by atoms with Crippen LogP contribution in [-0.4, -0.2) is 33.2 Å². The first-order valence-corrected chi connectivity index (χ1v) is 8.45. The van der Waals surface area contributed by atoms with Gasteiger partial charge in [-0.25, -0.2) is 4.39 Å². The van der Waals surface area contributed by atoms with Crippen LogP contribution in [0, 0.1) is 12.7 Å². The van der Waals surface area contributed by atoms with Gasteiger partial charge in [0.15, 0.2) is 5.96 Å². The van der Waals surface area contributed by atoms with Gasteiger partial charge in [-0.3, -0.25) is 4.99 Å². The largest absolute Gasteiger partial charge is 0.496 e. The molecule has 0 aliphatic rings. The third-order valence-electron chi connectivity index (χ3n) is 3.97. The molecule has 0 bridgehead atoms. The molecule has 0 fully saturated rings. The molecule has 4 nitrogen and oxygen atoms in total. The van der Waals surface area contributed by atoms with E-state index in [1.165, 1.54) is 23.3 Å². The molecule has 0 aromatic heterocycles. The van der Waals surface area contributed by atoms with Gasteiger partial charge in [0.1, 0.15) is 11.6 Å². The van der Waals surface area contributed by atoms with E-state index in [2.05, 4.69) is 28.6 Å². The molecule has 2 aromatic carbocycles. The van der Waals surface area contributed by atoms with Crippen LogP contribution in [-0.2, 0) is 12.8 Å². The van der Waals surface area contributed by atoms with Gasteiger partial charge in [0, 0.05) is 20.1 Å². The Morgan fingerprint density at radius 1 is 1.04 bits per heavy atom. The van der Waals surface area contributed by atoms with Gasteiger partial charge in [0.05, 0.1) is 7.11 Å². The lowest BCUT2D eigenvalue weighted by Gasteiger charge is -2.13. The number of nitrogens with one attached hydrogen (secondary N) is 2. The van der Waals surface area contributed by atoms with Crippen molar-refractivity contribution >= 4 is 5.96 Å². The minimum Gasteiger partial charge on any atom is -0.496 e. The van der Waals surface area contributed by atoms with E-state index in [1.807, 2.05) is 12.1 Å². The van der Waals surface area contributed by atoms with Crippen LogP contribution in [0.5, 0.6) is 5.75 Å². The highest BCUT2D eigenvalue weighted by molar-refractivity contribution is 5.79. The van der Waals surface area contributed by atoms with Gasteiger partial charge in [-0.2, -0.15) is 0 Å². The molecule has 5 heteroatoms. The van der Waals surface area contributed by atoms with Crippen molar-refractivity contribution in [2.24, 2.45) is 4.99 Å². The minimum atomic E-state index is -0.208. The van der Waals surface area contributed by atoms with Crippen molar-refractivity contribution in [3.63, 3.8) is 0 Å². The number of methoxy groups -OCH3 is 1. The van der Waals surface area contributed by atoms with Gasteiger partial charge in [0.25, 0.3) is 0 Å². The second kappa shape index (κ2) is 9.67. The van der Waals surface area contributed by atoms with Crippen LogP contribution in [0.15, 0.2) is 47.5 Å². The molecule has 2 N–H and O–H groups in total. The minimum absolute atomic E-state index is 0.208. The summed E-state index contributed by atoms with van der Waals surface area (Å²) in [6, 6.07) is 12.8. The molecule has 134 valence electrons. The van der Waals surface area contributed by atoms with Crippen LogP contribution in [0.25, 0.3) is 0 Å². The Morgan fingerprint density at radius 2 is 1.72 bits per heavy atom. The summed E-state index contributed by atoms with van der Waals surface area (Å²) < 4.78 is 18.3. The van der Waals surface area contributed by atoms with Crippen molar-refractivity contribution in [2.75, 3.05) is 27.2 Å². The summed E-state index contributed by atoms with van der Waals surface area (Å²) >= 11 is 0. The standard InChI is InChI=1S/C20H26FN3O/c1-15-4-9-19(25-3)17(14-15)11-13-24-20(22-2)23-12-10-16-5-7-18(21)8-6-16/h4-9,14H,10-13H2,1-3H3,(H2,22,23,24). The number of benzene rings is 2. The van der Waals surface area contributed by atoms with E-state index in [4.69, 9.17) is 4.74 Å². The molecule has 0 radical (unpaired) electrons. The van der Waals surface area contributed by atoms with E-state index < -0.39 is 0 Å². The zero-order valence-electron chi connectivity index (χ0n) is 15.1. The third kappa shape index (κ3) is 6.10. The van der Waals surface area contributed by atoms with Crippen molar-refractivity contribution in [1.29, 1.82) is 0 Å². The number of aryl methyl sites for hydroxylation is 1. The van der Waals surface area contributed by atoms with Gasteiger partial charge >= 0.3 is 0 Å². The van der Waals surface area contributed by atoms with Crippen molar-refractivity contribution in [3.05, 3.63) is 65.0 Å². The number of hydrogen-bond donors (Lipinski definition) is 2. The average molecular weight is 343 g/mol. The molecule has 0 atom stereocenters. The van der Waals surface area contributed by atoms with E-state index in [9.17, 15) is 4.39 Å². The van der Waals surface area contributed by atoms with Crippen molar-refractivity contribution in [2.45, 2.75) is 19.8 Å². The third-order valence-corrected chi connectivity index (χ3v) is 3.97. The fourth-order valence-corrected chi connectivity index (χ4v) is 2.62. The highest BCUT2D eigenvalue weighted by atomic mass is 19.1. The SMILES string of the molecule is CN=C(NCCc1ccc(F)cc1)NCCc1cc(C)ccc1OC. The zero-order chi connectivity index (χ0) is 18.1. The Morgan fingerprint density at radius 3 is 2.36 bits per heavy atom. The van der Waals surface area contributed by atoms with Crippen LogP contribution in [0.2, 0.25) is 0 Å². The van der Waals surface area contributed by atoms with E-state index in [-0.39, 0.29) is 5.82 Å². The monoisotopic (exact) mass is 343 g/mol. The van der Waals surface area contributed by atoms with Crippen molar-refractivity contribution < 1.29 is 9.13 Å². The van der Waals surface area contributed by atoms with E-state index >= 15 is 0 Å². The smallest absolute Gasteiger partial charge is 0.190 e. The highest BCUT2D eigenvalue weighted by Crippen LogP contribution is 2.19. The molecule has 2 rings (SSSR count). The molecule has 0 spiro atoms. The summed E-state index contributed by atoms with van der Waals surface area (Å²) in [6.07, 6.45) is 1.66. The Bertz CT molecular complexity index is 699. The molecule has 0 aliphatic carbocycles. The van der Waals surface area contributed by atoms with Crippen LogP contribution in [0.1, 0.15) is 16.7 Å². The van der Waals surface area contributed by atoms with Gasteiger partial charge in [-0.15, -0.1) is 0 Å². The number of ether oxygens (including phenoxy) is 1. The Balaban J connectivity index is 1.77. The van der Waals surface area contributed by atoms with Crippen LogP contribution < -0.4 is 15.4 Å². The molecule has 0 amide bonds.